The summed E-state index contributed by atoms with van der Waals surface area (Å²) in [5, 5.41) is 9.98. The van der Waals surface area contributed by atoms with E-state index in [0.717, 1.165) is 5.56 Å². The van der Waals surface area contributed by atoms with E-state index in [2.05, 4.69) is 0 Å². The monoisotopic (exact) mass is 210 g/mol. The van der Waals surface area contributed by atoms with E-state index in [1.807, 2.05) is 38.1 Å². The molecule has 0 bridgehead atoms. The number of methoxy groups -OCH3 is 2. The van der Waals surface area contributed by atoms with Gasteiger partial charge in [-0.25, -0.2) is 0 Å². The molecule has 1 rings (SSSR count). The van der Waals surface area contributed by atoms with E-state index in [4.69, 9.17) is 9.47 Å². The van der Waals surface area contributed by atoms with Crippen LogP contribution >= 0.6 is 0 Å². The third-order valence-electron chi connectivity index (χ3n) is 2.71. The number of hydrogen-bond donors (Lipinski definition) is 1. The van der Waals surface area contributed by atoms with Crippen molar-refractivity contribution < 1.29 is 14.6 Å². The van der Waals surface area contributed by atoms with Crippen LogP contribution in [0.2, 0.25) is 0 Å². The van der Waals surface area contributed by atoms with Gasteiger partial charge in [0.05, 0.1) is 5.92 Å². The Labute approximate surface area is 90.6 Å². The molecule has 0 spiro atoms. The normalized spacial score (nSPS) is 13.9. The molecule has 84 valence electrons. The zero-order chi connectivity index (χ0) is 11.5. The lowest BCUT2D eigenvalue weighted by Gasteiger charge is -2.30. The van der Waals surface area contributed by atoms with Crippen LogP contribution in [0.5, 0.6) is 0 Å². The van der Waals surface area contributed by atoms with Gasteiger partial charge >= 0.3 is 0 Å². The first-order valence-corrected chi connectivity index (χ1v) is 4.92. The lowest BCUT2D eigenvalue weighted by Crippen LogP contribution is -2.39. The molecule has 1 aromatic carbocycles. The van der Waals surface area contributed by atoms with Gasteiger partial charge < -0.3 is 14.6 Å². The molecule has 0 aromatic heterocycles. The average molecular weight is 210 g/mol. The van der Waals surface area contributed by atoms with E-state index in [1.54, 1.807) is 0 Å². The summed E-state index contributed by atoms with van der Waals surface area (Å²) in [5.74, 6) is -1.80. The molecule has 1 aromatic rings. The van der Waals surface area contributed by atoms with E-state index in [0.29, 0.717) is 0 Å². The SMILES string of the molecule is COC(O)(OC)C(C)c1ccc(C)cc1. The van der Waals surface area contributed by atoms with Crippen LogP contribution < -0.4 is 0 Å². The Hall–Kier alpha value is -0.900. The van der Waals surface area contributed by atoms with Gasteiger partial charge in [0, 0.05) is 14.2 Å². The lowest BCUT2D eigenvalue weighted by atomic mass is 9.97. The molecule has 3 heteroatoms. The summed E-state index contributed by atoms with van der Waals surface area (Å²) in [4.78, 5) is 0. The van der Waals surface area contributed by atoms with Crippen LogP contribution in [0.4, 0.5) is 0 Å². The van der Waals surface area contributed by atoms with Crippen LogP contribution in [0.25, 0.3) is 0 Å². The second-order valence-corrected chi connectivity index (χ2v) is 3.67. The summed E-state index contributed by atoms with van der Waals surface area (Å²) in [6, 6.07) is 7.92. The molecule has 0 aliphatic carbocycles. The van der Waals surface area contributed by atoms with E-state index >= 15 is 0 Å². The third kappa shape index (κ3) is 2.56. The van der Waals surface area contributed by atoms with Crippen molar-refractivity contribution in [1.29, 1.82) is 0 Å². The smallest absolute Gasteiger partial charge is 0.286 e. The average Bonchev–Trinajstić information content (AvgIpc) is 2.28. The maximum atomic E-state index is 9.98. The molecule has 0 saturated heterocycles. The molecule has 0 fully saturated rings. The molecular formula is C12H18O3. The number of aryl methyl sites for hydroxylation is 1. The molecule has 0 saturated carbocycles. The molecule has 0 radical (unpaired) electrons. The molecule has 0 aliphatic rings. The van der Waals surface area contributed by atoms with E-state index in [-0.39, 0.29) is 5.92 Å². The van der Waals surface area contributed by atoms with Gasteiger partial charge in [0.15, 0.2) is 0 Å². The fraction of sp³-hybridized carbons (Fsp3) is 0.500. The fourth-order valence-corrected chi connectivity index (χ4v) is 1.50. The quantitative estimate of drug-likeness (QED) is 0.773. The van der Waals surface area contributed by atoms with Gasteiger partial charge in [-0.3, -0.25) is 0 Å². The molecular weight excluding hydrogens is 192 g/mol. The van der Waals surface area contributed by atoms with Crippen molar-refractivity contribution >= 4 is 0 Å². The van der Waals surface area contributed by atoms with E-state index in [9.17, 15) is 5.11 Å². The zero-order valence-electron chi connectivity index (χ0n) is 9.65. The Balaban J connectivity index is 2.92. The maximum absolute atomic E-state index is 9.98. The highest BCUT2D eigenvalue weighted by atomic mass is 16.8. The Kier molecular flexibility index (Phi) is 3.85. The highest BCUT2D eigenvalue weighted by Gasteiger charge is 2.34. The minimum atomic E-state index is -1.56. The van der Waals surface area contributed by atoms with Crippen molar-refractivity contribution in [3.63, 3.8) is 0 Å². The molecule has 0 amide bonds. The van der Waals surface area contributed by atoms with Crippen LogP contribution in [0.1, 0.15) is 24.0 Å². The zero-order valence-corrected chi connectivity index (χ0v) is 9.65. The lowest BCUT2D eigenvalue weighted by molar-refractivity contribution is -0.350. The minimum Gasteiger partial charge on any atom is -0.343 e. The van der Waals surface area contributed by atoms with Crippen LogP contribution in [0.3, 0.4) is 0 Å². The van der Waals surface area contributed by atoms with Gasteiger partial charge in [-0.1, -0.05) is 36.8 Å². The second-order valence-electron chi connectivity index (χ2n) is 3.67. The summed E-state index contributed by atoms with van der Waals surface area (Å²) in [6.07, 6.45) is 0. The van der Waals surface area contributed by atoms with Crippen molar-refractivity contribution in [3.8, 4) is 0 Å². The number of rotatable bonds is 4. The summed E-state index contributed by atoms with van der Waals surface area (Å²) in [6.45, 7) is 3.88. The molecule has 1 unspecified atom stereocenters. The number of hydrogen-bond acceptors (Lipinski definition) is 3. The molecule has 0 heterocycles. The molecule has 15 heavy (non-hydrogen) atoms. The Morgan fingerprint density at radius 1 is 1.13 bits per heavy atom. The Morgan fingerprint density at radius 2 is 1.60 bits per heavy atom. The van der Waals surface area contributed by atoms with Crippen molar-refractivity contribution in [1.82, 2.24) is 0 Å². The summed E-state index contributed by atoms with van der Waals surface area (Å²) < 4.78 is 9.93. The van der Waals surface area contributed by atoms with Crippen molar-refractivity contribution in [2.24, 2.45) is 0 Å². The molecule has 1 atom stereocenters. The summed E-state index contributed by atoms with van der Waals surface area (Å²) in [7, 11) is 2.85. The van der Waals surface area contributed by atoms with Crippen molar-refractivity contribution in [2.75, 3.05) is 14.2 Å². The van der Waals surface area contributed by atoms with Gasteiger partial charge in [-0.2, -0.15) is 0 Å². The van der Waals surface area contributed by atoms with Gasteiger partial charge in [0.25, 0.3) is 5.97 Å². The third-order valence-corrected chi connectivity index (χ3v) is 2.71. The van der Waals surface area contributed by atoms with E-state index in [1.165, 1.54) is 19.8 Å². The van der Waals surface area contributed by atoms with Gasteiger partial charge in [0.2, 0.25) is 0 Å². The summed E-state index contributed by atoms with van der Waals surface area (Å²) in [5.41, 5.74) is 2.16. The highest BCUT2D eigenvalue weighted by Crippen LogP contribution is 2.29. The first-order valence-electron chi connectivity index (χ1n) is 4.92. The van der Waals surface area contributed by atoms with Crippen LogP contribution in [-0.4, -0.2) is 25.3 Å². The van der Waals surface area contributed by atoms with Crippen LogP contribution in [0, 0.1) is 6.92 Å². The number of ether oxygens (including phenoxy) is 2. The first kappa shape index (κ1) is 12.2. The standard InChI is InChI=1S/C12H18O3/c1-9-5-7-11(8-6-9)10(2)12(13,14-3)15-4/h5-8,10,13H,1-4H3. The second kappa shape index (κ2) is 4.75. The van der Waals surface area contributed by atoms with Crippen LogP contribution in [0.15, 0.2) is 24.3 Å². The fourth-order valence-electron chi connectivity index (χ4n) is 1.50. The van der Waals surface area contributed by atoms with Gasteiger partial charge in [0.1, 0.15) is 0 Å². The van der Waals surface area contributed by atoms with Gasteiger partial charge in [-0.05, 0) is 12.5 Å². The summed E-state index contributed by atoms with van der Waals surface area (Å²) >= 11 is 0. The largest absolute Gasteiger partial charge is 0.343 e. The van der Waals surface area contributed by atoms with E-state index < -0.39 is 5.97 Å². The molecule has 3 nitrogen and oxygen atoms in total. The predicted octanol–water partition coefficient (Wildman–Crippen LogP) is 2.04. The van der Waals surface area contributed by atoms with Gasteiger partial charge in [-0.15, -0.1) is 0 Å². The van der Waals surface area contributed by atoms with Crippen molar-refractivity contribution in [2.45, 2.75) is 25.7 Å². The van der Waals surface area contributed by atoms with Crippen molar-refractivity contribution in [3.05, 3.63) is 35.4 Å². The molecule has 1 N–H and O–H groups in total. The topological polar surface area (TPSA) is 38.7 Å². The molecule has 0 aliphatic heterocycles. The maximum Gasteiger partial charge on any atom is 0.286 e. The number of benzene rings is 1. The first-order chi connectivity index (χ1) is 7.03. The minimum absolute atomic E-state index is 0.243. The predicted molar refractivity (Wildman–Crippen MR) is 58.6 cm³/mol. The van der Waals surface area contributed by atoms with Crippen LogP contribution in [-0.2, 0) is 9.47 Å². The Morgan fingerprint density at radius 3 is 2.00 bits per heavy atom. The highest BCUT2D eigenvalue weighted by molar-refractivity contribution is 5.25. The Bertz CT molecular complexity index is 301. The number of aliphatic hydroxyl groups is 1.